The van der Waals surface area contributed by atoms with Gasteiger partial charge in [0.1, 0.15) is 5.82 Å². The zero-order chi connectivity index (χ0) is 13.7. The molecule has 0 aliphatic carbocycles. The molecule has 1 aromatic heterocycles. The number of imidazole rings is 1. The van der Waals surface area contributed by atoms with Crippen molar-refractivity contribution in [1.82, 2.24) is 9.55 Å². The van der Waals surface area contributed by atoms with Crippen molar-refractivity contribution in [3.05, 3.63) is 29.6 Å². The fourth-order valence-electron chi connectivity index (χ4n) is 2.63. The fraction of sp³-hybridized carbons (Fsp3) is 0.588. The van der Waals surface area contributed by atoms with Crippen molar-refractivity contribution >= 4 is 11.0 Å². The average Bonchev–Trinajstić information content (AvgIpc) is 2.69. The summed E-state index contributed by atoms with van der Waals surface area (Å²) >= 11 is 0. The van der Waals surface area contributed by atoms with Gasteiger partial charge in [-0.2, -0.15) is 0 Å². The molecule has 0 amide bonds. The Labute approximate surface area is 116 Å². The van der Waals surface area contributed by atoms with Crippen molar-refractivity contribution in [3.8, 4) is 0 Å². The average molecular weight is 258 g/mol. The highest BCUT2D eigenvalue weighted by atomic mass is 15.0. The van der Waals surface area contributed by atoms with E-state index in [1.807, 2.05) is 0 Å². The van der Waals surface area contributed by atoms with E-state index in [1.165, 1.54) is 56.0 Å². The van der Waals surface area contributed by atoms with Crippen LogP contribution in [-0.4, -0.2) is 9.55 Å². The molecule has 2 nitrogen and oxygen atoms in total. The van der Waals surface area contributed by atoms with E-state index in [2.05, 4.69) is 48.6 Å². The molecule has 2 aromatic rings. The second-order valence-electron chi connectivity index (χ2n) is 5.56. The summed E-state index contributed by atoms with van der Waals surface area (Å²) in [4.78, 5) is 4.61. The standard InChI is InChI=1S/C17H26N2/c1-4-5-6-7-8-9-10-15-11-12-17-16(13-15)18-14(2)19(17)3/h11-13H,4-10H2,1-3H3. The number of benzene rings is 1. The first kappa shape index (κ1) is 14.1. The Balaban J connectivity index is 1.87. The molecule has 0 N–H and O–H groups in total. The first-order valence-corrected chi connectivity index (χ1v) is 7.64. The number of aryl methyl sites for hydroxylation is 3. The number of unbranched alkanes of at least 4 members (excludes halogenated alkanes) is 5. The van der Waals surface area contributed by atoms with Crippen LogP contribution >= 0.6 is 0 Å². The topological polar surface area (TPSA) is 17.8 Å². The normalized spacial score (nSPS) is 11.3. The zero-order valence-electron chi connectivity index (χ0n) is 12.6. The van der Waals surface area contributed by atoms with Crippen molar-refractivity contribution in [2.75, 3.05) is 0 Å². The summed E-state index contributed by atoms with van der Waals surface area (Å²) in [5, 5.41) is 0. The number of fused-ring (bicyclic) bond motifs is 1. The predicted molar refractivity (Wildman–Crippen MR) is 82.5 cm³/mol. The van der Waals surface area contributed by atoms with Gasteiger partial charge in [0.15, 0.2) is 0 Å². The molecule has 104 valence electrons. The van der Waals surface area contributed by atoms with E-state index in [9.17, 15) is 0 Å². The summed E-state index contributed by atoms with van der Waals surface area (Å²) in [6, 6.07) is 6.73. The SMILES string of the molecule is CCCCCCCCc1ccc2c(c1)nc(C)n2C. The van der Waals surface area contributed by atoms with E-state index < -0.39 is 0 Å². The molecule has 0 unspecified atom stereocenters. The molecular formula is C17H26N2. The van der Waals surface area contributed by atoms with Crippen LogP contribution in [0.3, 0.4) is 0 Å². The van der Waals surface area contributed by atoms with Gasteiger partial charge in [-0.3, -0.25) is 0 Å². The summed E-state index contributed by atoms with van der Waals surface area (Å²) in [5.74, 6) is 1.09. The van der Waals surface area contributed by atoms with Crippen LogP contribution in [0.2, 0.25) is 0 Å². The Morgan fingerprint density at radius 2 is 1.79 bits per heavy atom. The molecular weight excluding hydrogens is 232 g/mol. The Hall–Kier alpha value is -1.31. The van der Waals surface area contributed by atoms with E-state index in [1.54, 1.807) is 0 Å². The number of aromatic nitrogens is 2. The highest BCUT2D eigenvalue weighted by molar-refractivity contribution is 5.76. The molecule has 2 heteroatoms. The van der Waals surface area contributed by atoms with Crippen LogP contribution in [0, 0.1) is 6.92 Å². The second-order valence-corrected chi connectivity index (χ2v) is 5.56. The van der Waals surface area contributed by atoms with Gasteiger partial charge in [0.25, 0.3) is 0 Å². The molecule has 0 spiro atoms. The third kappa shape index (κ3) is 3.59. The van der Waals surface area contributed by atoms with Crippen LogP contribution in [-0.2, 0) is 13.5 Å². The summed E-state index contributed by atoms with van der Waals surface area (Å²) in [7, 11) is 2.08. The largest absolute Gasteiger partial charge is 0.331 e. The molecule has 0 bridgehead atoms. The Morgan fingerprint density at radius 1 is 1.05 bits per heavy atom. The minimum Gasteiger partial charge on any atom is -0.331 e. The lowest BCUT2D eigenvalue weighted by Gasteiger charge is -2.03. The molecule has 0 saturated carbocycles. The number of nitrogens with zero attached hydrogens (tertiary/aromatic N) is 2. The molecule has 0 aliphatic rings. The maximum absolute atomic E-state index is 4.61. The third-order valence-corrected chi connectivity index (χ3v) is 3.99. The highest BCUT2D eigenvalue weighted by Gasteiger charge is 2.04. The van der Waals surface area contributed by atoms with E-state index in [4.69, 9.17) is 0 Å². The van der Waals surface area contributed by atoms with Gasteiger partial charge in [0, 0.05) is 7.05 Å². The molecule has 0 radical (unpaired) electrons. The quantitative estimate of drug-likeness (QED) is 0.653. The van der Waals surface area contributed by atoms with Gasteiger partial charge in [-0.25, -0.2) is 4.98 Å². The number of hydrogen-bond donors (Lipinski definition) is 0. The van der Waals surface area contributed by atoms with Gasteiger partial charge in [-0.15, -0.1) is 0 Å². The molecule has 1 aromatic carbocycles. The summed E-state index contributed by atoms with van der Waals surface area (Å²) in [6.07, 6.45) is 9.36. The van der Waals surface area contributed by atoms with Crippen LogP contribution in [0.1, 0.15) is 56.8 Å². The second kappa shape index (κ2) is 6.74. The van der Waals surface area contributed by atoms with Crippen LogP contribution in [0.5, 0.6) is 0 Å². The van der Waals surface area contributed by atoms with Crippen LogP contribution in [0.4, 0.5) is 0 Å². The zero-order valence-corrected chi connectivity index (χ0v) is 12.6. The first-order chi connectivity index (χ1) is 9.22. The number of hydrogen-bond acceptors (Lipinski definition) is 1. The predicted octanol–water partition coefficient (Wildman–Crippen LogP) is 4.78. The van der Waals surface area contributed by atoms with E-state index in [-0.39, 0.29) is 0 Å². The Morgan fingerprint density at radius 3 is 2.58 bits per heavy atom. The summed E-state index contributed by atoms with van der Waals surface area (Å²) < 4.78 is 2.16. The highest BCUT2D eigenvalue weighted by Crippen LogP contribution is 2.18. The van der Waals surface area contributed by atoms with Gasteiger partial charge < -0.3 is 4.57 Å². The third-order valence-electron chi connectivity index (χ3n) is 3.99. The number of rotatable bonds is 7. The maximum atomic E-state index is 4.61. The Bertz CT molecular complexity index is 525. The first-order valence-electron chi connectivity index (χ1n) is 7.64. The lowest BCUT2D eigenvalue weighted by atomic mass is 10.0. The summed E-state index contributed by atoms with van der Waals surface area (Å²) in [5.41, 5.74) is 3.81. The van der Waals surface area contributed by atoms with Crippen LogP contribution < -0.4 is 0 Å². The molecule has 19 heavy (non-hydrogen) atoms. The summed E-state index contributed by atoms with van der Waals surface area (Å²) in [6.45, 7) is 4.33. The minimum absolute atomic E-state index is 1.09. The lowest BCUT2D eigenvalue weighted by molar-refractivity contribution is 0.607. The molecule has 0 fully saturated rings. The Kier molecular flexibility index (Phi) is 5.00. The van der Waals surface area contributed by atoms with E-state index in [0.29, 0.717) is 0 Å². The van der Waals surface area contributed by atoms with E-state index in [0.717, 1.165) is 11.3 Å². The maximum Gasteiger partial charge on any atom is 0.106 e. The van der Waals surface area contributed by atoms with Gasteiger partial charge >= 0.3 is 0 Å². The molecule has 0 saturated heterocycles. The molecule has 0 atom stereocenters. The van der Waals surface area contributed by atoms with Crippen molar-refractivity contribution in [3.63, 3.8) is 0 Å². The van der Waals surface area contributed by atoms with Crippen molar-refractivity contribution in [1.29, 1.82) is 0 Å². The van der Waals surface area contributed by atoms with Crippen molar-refractivity contribution in [2.24, 2.45) is 7.05 Å². The molecule has 1 heterocycles. The van der Waals surface area contributed by atoms with Gasteiger partial charge in [0.2, 0.25) is 0 Å². The monoisotopic (exact) mass is 258 g/mol. The molecule has 0 aliphatic heterocycles. The fourth-order valence-corrected chi connectivity index (χ4v) is 2.63. The lowest BCUT2D eigenvalue weighted by Crippen LogP contribution is -1.90. The van der Waals surface area contributed by atoms with Crippen molar-refractivity contribution in [2.45, 2.75) is 58.8 Å². The van der Waals surface area contributed by atoms with Crippen LogP contribution in [0.15, 0.2) is 18.2 Å². The van der Waals surface area contributed by atoms with E-state index >= 15 is 0 Å². The van der Waals surface area contributed by atoms with Gasteiger partial charge in [-0.05, 0) is 37.5 Å². The molecule has 2 rings (SSSR count). The smallest absolute Gasteiger partial charge is 0.106 e. The van der Waals surface area contributed by atoms with Gasteiger partial charge in [-0.1, -0.05) is 45.1 Å². The minimum atomic E-state index is 1.09. The van der Waals surface area contributed by atoms with Gasteiger partial charge in [0.05, 0.1) is 11.0 Å². The van der Waals surface area contributed by atoms with Crippen molar-refractivity contribution < 1.29 is 0 Å². The van der Waals surface area contributed by atoms with Crippen LogP contribution in [0.25, 0.3) is 11.0 Å².